The molecular weight excluding hydrogens is 278 g/mol. The summed E-state index contributed by atoms with van der Waals surface area (Å²) in [5, 5.41) is 12.0. The number of carbonyl (C=O) groups is 1. The first kappa shape index (κ1) is 14.8. The van der Waals surface area contributed by atoms with Crippen molar-refractivity contribution in [2.75, 3.05) is 0 Å². The predicted molar refractivity (Wildman–Crippen MR) is 83.5 cm³/mol. The molecule has 2 aromatic rings. The van der Waals surface area contributed by atoms with Gasteiger partial charge in [0.2, 0.25) is 0 Å². The number of aliphatic hydroxyl groups excluding tert-OH is 1. The minimum Gasteiger partial charge on any atom is -0.390 e. The Hall–Kier alpha value is -2.14. The molecule has 2 heterocycles. The summed E-state index contributed by atoms with van der Waals surface area (Å²) in [5.41, 5.74) is 4.28. The summed E-state index contributed by atoms with van der Waals surface area (Å²) in [6.07, 6.45) is 2.41. The second-order valence-electron chi connectivity index (χ2n) is 5.85. The van der Waals surface area contributed by atoms with Crippen LogP contribution in [0.3, 0.4) is 0 Å². The van der Waals surface area contributed by atoms with E-state index in [1.54, 1.807) is 6.07 Å². The van der Waals surface area contributed by atoms with Crippen LogP contribution in [0, 0.1) is 13.8 Å². The Morgan fingerprint density at radius 2 is 2.09 bits per heavy atom. The van der Waals surface area contributed by atoms with Crippen LogP contribution in [0.25, 0.3) is 0 Å². The van der Waals surface area contributed by atoms with Gasteiger partial charge >= 0.3 is 0 Å². The second-order valence-corrected chi connectivity index (χ2v) is 5.85. The van der Waals surface area contributed by atoms with E-state index in [9.17, 15) is 4.79 Å². The Labute approximate surface area is 130 Å². The lowest BCUT2D eigenvalue weighted by Crippen LogP contribution is -2.24. The standard InChI is InChI=1S/C17H21N3O2/c1-11-8-16(12(2)20(11)15-6-7-15)17(22)18-9-13-4-3-5-14(10-21)19-13/h3-5,8,15,21H,6-7,9-10H2,1-2H3,(H,18,22). The van der Waals surface area contributed by atoms with Gasteiger partial charge in [0.15, 0.2) is 0 Å². The fraction of sp³-hybridized carbons (Fsp3) is 0.412. The number of pyridine rings is 1. The SMILES string of the molecule is Cc1cc(C(=O)NCc2cccc(CO)n2)c(C)n1C1CC1. The van der Waals surface area contributed by atoms with E-state index in [0.29, 0.717) is 18.3 Å². The fourth-order valence-corrected chi connectivity index (χ4v) is 2.88. The van der Waals surface area contributed by atoms with Crippen LogP contribution in [-0.4, -0.2) is 20.6 Å². The van der Waals surface area contributed by atoms with Gasteiger partial charge in [-0.25, -0.2) is 0 Å². The molecule has 1 amide bonds. The van der Waals surface area contributed by atoms with Crippen molar-refractivity contribution < 1.29 is 9.90 Å². The van der Waals surface area contributed by atoms with Gasteiger partial charge in [0, 0.05) is 17.4 Å². The third kappa shape index (κ3) is 2.90. The van der Waals surface area contributed by atoms with Gasteiger partial charge in [-0.05, 0) is 44.9 Å². The molecule has 0 aromatic carbocycles. The van der Waals surface area contributed by atoms with Crippen LogP contribution in [0.1, 0.15) is 52.0 Å². The number of amides is 1. The zero-order valence-corrected chi connectivity index (χ0v) is 13.0. The van der Waals surface area contributed by atoms with Crippen molar-refractivity contribution in [3.63, 3.8) is 0 Å². The quantitative estimate of drug-likeness (QED) is 0.890. The number of aliphatic hydroxyl groups is 1. The maximum absolute atomic E-state index is 12.4. The van der Waals surface area contributed by atoms with Crippen LogP contribution in [0.4, 0.5) is 0 Å². The second kappa shape index (κ2) is 5.93. The third-order valence-electron chi connectivity index (χ3n) is 4.10. The van der Waals surface area contributed by atoms with Gasteiger partial charge in [0.1, 0.15) is 0 Å². The van der Waals surface area contributed by atoms with Gasteiger partial charge in [0.05, 0.1) is 30.1 Å². The third-order valence-corrected chi connectivity index (χ3v) is 4.10. The van der Waals surface area contributed by atoms with Gasteiger partial charge in [0.25, 0.3) is 5.91 Å². The highest BCUT2D eigenvalue weighted by Gasteiger charge is 2.28. The summed E-state index contributed by atoms with van der Waals surface area (Å²) < 4.78 is 2.26. The first-order valence-electron chi connectivity index (χ1n) is 7.62. The van der Waals surface area contributed by atoms with Crippen LogP contribution in [0.2, 0.25) is 0 Å². The van der Waals surface area contributed by atoms with Crippen molar-refractivity contribution in [3.8, 4) is 0 Å². The first-order chi connectivity index (χ1) is 10.6. The number of nitrogens with one attached hydrogen (secondary N) is 1. The normalized spacial score (nSPS) is 14.1. The molecule has 3 rings (SSSR count). The number of rotatable bonds is 5. The van der Waals surface area contributed by atoms with E-state index < -0.39 is 0 Å². The van der Waals surface area contributed by atoms with E-state index in [4.69, 9.17) is 5.11 Å². The summed E-state index contributed by atoms with van der Waals surface area (Å²) in [6, 6.07) is 7.96. The molecule has 0 bridgehead atoms. The van der Waals surface area contributed by atoms with E-state index in [0.717, 1.165) is 22.6 Å². The highest BCUT2D eigenvalue weighted by atomic mass is 16.3. The Morgan fingerprint density at radius 1 is 1.36 bits per heavy atom. The number of nitrogens with zero attached hydrogens (tertiary/aromatic N) is 2. The van der Waals surface area contributed by atoms with E-state index in [-0.39, 0.29) is 12.5 Å². The molecule has 5 heteroatoms. The molecule has 116 valence electrons. The smallest absolute Gasteiger partial charge is 0.253 e. The van der Waals surface area contributed by atoms with Crippen LogP contribution in [0.5, 0.6) is 0 Å². The van der Waals surface area contributed by atoms with Gasteiger partial charge in [-0.2, -0.15) is 0 Å². The van der Waals surface area contributed by atoms with Crippen molar-refractivity contribution in [3.05, 3.63) is 52.6 Å². The van der Waals surface area contributed by atoms with Crippen molar-refractivity contribution in [1.82, 2.24) is 14.9 Å². The lowest BCUT2D eigenvalue weighted by atomic mass is 10.2. The molecule has 0 unspecified atom stereocenters. The summed E-state index contributed by atoms with van der Waals surface area (Å²) in [6.45, 7) is 4.32. The summed E-state index contributed by atoms with van der Waals surface area (Å²) >= 11 is 0. The Bertz CT molecular complexity index is 702. The van der Waals surface area contributed by atoms with E-state index in [1.165, 1.54) is 12.8 Å². The number of hydrogen-bond acceptors (Lipinski definition) is 3. The largest absolute Gasteiger partial charge is 0.390 e. The van der Waals surface area contributed by atoms with Crippen LogP contribution in [-0.2, 0) is 13.2 Å². The summed E-state index contributed by atoms with van der Waals surface area (Å²) in [7, 11) is 0. The zero-order valence-electron chi connectivity index (χ0n) is 13.0. The number of aryl methyl sites for hydroxylation is 1. The maximum Gasteiger partial charge on any atom is 0.253 e. The van der Waals surface area contributed by atoms with Crippen molar-refractivity contribution >= 4 is 5.91 Å². The minimum atomic E-state index is -0.0929. The molecule has 0 radical (unpaired) electrons. The number of aromatic nitrogens is 2. The minimum absolute atomic E-state index is 0.0730. The number of hydrogen-bond donors (Lipinski definition) is 2. The average Bonchev–Trinajstić information content (AvgIpc) is 3.30. The molecule has 1 aliphatic carbocycles. The van der Waals surface area contributed by atoms with Crippen LogP contribution < -0.4 is 5.32 Å². The van der Waals surface area contributed by atoms with Gasteiger partial charge in [-0.1, -0.05) is 6.07 Å². The van der Waals surface area contributed by atoms with E-state index >= 15 is 0 Å². The topological polar surface area (TPSA) is 67.2 Å². The number of carbonyl (C=O) groups excluding carboxylic acids is 1. The molecule has 22 heavy (non-hydrogen) atoms. The van der Waals surface area contributed by atoms with E-state index in [2.05, 4.69) is 14.9 Å². The molecule has 0 saturated heterocycles. The monoisotopic (exact) mass is 299 g/mol. The van der Waals surface area contributed by atoms with Gasteiger partial charge in [-0.15, -0.1) is 0 Å². The van der Waals surface area contributed by atoms with Gasteiger partial charge in [-0.3, -0.25) is 9.78 Å². The Morgan fingerprint density at radius 3 is 2.77 bits per heavy atom. The maximum atomic E-state index is 12.4. The van der Waals surface area contributed by atoms with Gasteiger partial charge < -0.3 is 15.0 Å². The molecule has 1 saturated carbocycles. The highest BCUT2D eigenvalue weighted by molar-refractivity contribution is 5.95. The molecule has 5 nitrogen and oxygen atoms in total. The molecule has 0 aliphatic heterocycles. The molecule has 2 N–H and O–H groups in total. The fourth-order valence-electron chi connectivity index (χ4n) is 2.88. The lowest BCUT2D eigenvalue weighted by molar-refractivity contribution is 0.0949. The predicted octanol–water partition coefficient (Wildman–Crippen LogP) is 2.26. The van der Waals surface area contributed by atoms with Crippen molar-refractivity contribution in [1.29, 1.82) is 0 Å². The zero-order chi connectivity index (χ0) is 15.7. The summed E-state index contributed by atoms with van der Waals surface area (Å²) in [5.74, 6) is -0.0730. The highest BCUT2D eigenvalue weighted by Crippen LogP contribution is 2.38. The Kier molecular flexibility index (Phi) is 3.98. The molecule has 1 aliphatic rings. The average molecular weight is 299 g/mol. The van der Waals surface area contributed by atoms with E-state index in [1.807, 2.05) is 32.0 Å². The summed E-state index contributed by atoms with van der Waals surface area (Å²) in [4.78, 5) is 16.7. The molecule has 0 atom stereocenters. The van der Waals surface area contributed by atoms with Crippen LogP contribution >= 0.6 is 0 Å². The Balaban J connectivity index is 1.70. The molecule has 2 aromatic heterocycles. The van der Waals surface area contributed by atoms with Crippen molar-refractivity contribution in [2.45, 2.75) is 45.9 Å². The molecule has 1 fully saturated rings. The van der Waals surface area contributed by atoms with Crippen molar-refractivity contribution in [2.24, 2.45) is 0 Å². The first-order valence-corrected chi connectivity index (χ1v) is 7.62. The lowest BCUT2D eigenvalue weighted by Gasteiger charge is -2.08. The molecule has 0 spiro atoms. The van der Waals surface area contributed by atoms with Crippen LogP contribution in [0.15, 0.2) is 24.3 Å². The molecular formula is C17H21N3O2.